The van der Waals surface area contributed by atoms with E-state index in [2.05, 4.69) is 15.0 Å². The SMILES string of the molecule is [C-]#[N+]/C(=C\c1ccc2[nH]nc(C)c2c1)C(C)=O. The Morgan fingerprint density at radius 1 is 1.53 bits per heavy atom. The molecule has 4 heteroatoms. The van der Waals surface area contributed by atoms with Gasteiger partial charge in [0.05, 0.1) is 17.8 Å². The van der Waals surface area contributed by atoms with Crippen LogP contribution >= 0.6 is 0 Å². The topological polar surface area (TPSA) is 50.1 Å². The number of carbonyl (C=O) groups excluding carboxylic acids is 1. The largest absolute Gasteiger partial charge is 0.308 e. The lowest BCUT2D eigenvalue weighted by Crippen LogP contribution is -1.90. The molecular formula is C13H11N3O. The third-order valence-corrected chi connectivity index (χ3v) is 2.56. The van der Waals surface area contributed by atoms with Crippen molar-refractivity contribution >= 4 is 22.8 Å². The van der Waals surface area contributed by atoms with Gasteiger partial charge in [-0.3, -0.25) is 5.10 Å². The normalized spacial score (nSPS) is 11.5. The van der Waals surface area contributed by atoms with E-state index in [0.717, 1.165) is 22.2 Å². The lowest BCUT2D eigenvalue weighted by Gasteiger charge is -1.96. The number of aryl methyl sites for hydroxylation is 1. The number of Topliss-reactive ketones (excluding diaryl/α,β-unsaturated/α-hetero) is 1. The number of allylic oxidation sites excluding steroid dienone is 1. The summed E-state index contributed by atoms with van der Waals surface area (Å²) in [5.74, 6) is -0.219. The Kier molecular flexibility index (Phi) is 2.75. The van der Waals surface area contributed by atoms with Gasteiger partial charge in [0.15, 0.2) is 5.78 Å². The van der Waals surface area contributed by atoms with Crippen LogP contribution in [-0.2, 0) is 4.79 Å². The average Bonchev–Trinajstić information content (AvgIpc) is 2.67. The first kappa shape index (κ1) is 11.1. The fourth-order valence-electron chi connectivity index (χ4n) is 1.62. The molecule has 84 valence electrons. The molecule has 0 radical (unpaired) electrons. The Morgan fingerprint density at radius 2 is 2.29 bits per heavy atom. The fraction of sp³-hybridized carbons (Fsp3) is 0.154. The summed E-state index contributed by atoms with van der Waals surface area (Å²) in [7, 11) is 0. The summed E-state index contributed by atoms with van der Waals surface area (Å²) in [6, 6.07) is 5.67. The standard InChI is InChI=1S/C13H11N3O/c1-8-11-6-10(4-5-12(11)16-15-8)7-13(14-3)9(2)17/h4-7H,1-2H3,(H,15,16)/b13-7-. The second-order valence-corrected chi connectivity index (χ2v) is 3.81. The minimum absolute atomic E-state index is 0.144. The summed E-state index contributed by atoms with van der Waals surface area (Å²) in [4.78, 5) is 14.4. The number of rotatable bonds is 2. The summed E-state index contributed by atoms with van der Waals surface area (Å²) in [5, 5.41) is 8.01. The second-order valence-electron chi connectivity index (χ2n) is 3.81. The number of carbonyl (C=O) groups is 1. The maximum atomic E-state index is 11.2. The molecule has 1 aromatic carbocycles. The number of H-pyrrole nitrogens is 1. The number of nitrogens with one attached hydrogen (secondary N) is 1. The van der Waals surface area contributed by atoms with Gasteiger partial charge in [0.25, 0.3) is 0 Å². The predicted molar refractivity (Wildman–Crippen MR) is 66.1 cm³/mol. The molecule has 1 aromatic heterocycles. The summed E-state index contributed by atoms with van der Waals surface area (Å²) >= 11 is 0. The quantitative estimate of drug-likeness (QED) is 0.631. The zero-order valence-corrected chi connectivity index (χ0v) is 9.61. The highest BCUT2D eigenvalue weighted by Crippen LogP contribution is 2.19. The maximum absolute atomic E-state index is 11.2. The number of aromatic nitrogens is 2. The number of aromatic amines is 1. The van der Waals surface area contributed by atoms with Crippen LogP contribution in [0.25, 0.3) is 21.8 Å². The highest BCUT2D eigenvalue weighted by Gasteiger charge is 2.05. The molecule has 1 heterocycles. The molecule has 0 saturated carbocycles. The number of benzene rings is 1. The smallest absolute Gasteiger partial charge is 0.229 e. The summed E-state index contributed by atoms with van der Waals surface area (Å²) < 4.78 is 0. The van der Waals surface area contributed by atoms with E-state index in [1.54, 1.807) is 6.08 Å². The lowest BCUT2D eigenvalue weighted by molar-refractivity contribution is -0.113. The van der Waals surface area contributed by atoms with Gasteiger partial charge in [-0.05, 0) is 37.6 Å². The first-order valence-electron chi connectivity index (χ1n) is 5.16. The van der Waals surface area contributed by atoms with E-state index in [1.807, 2.05) is 25.1 Å². The Balaban J connectivity index is 2.54. The number of hydrogen-bond acceptors (Lipinski definition) is 2. The van der Waals surface area contributed by atoms with Crippen LogP contribution in [0.1, 0.15) is 18.2 Å². The molecular weight excluding hydrogens is 214 g/mol. The fourth-order valence-corrected chi connectivity index (χ4v) is 1.62. The second kappa shape index (κ2) is 4.22. The van der Waals surface area contributed by atoms with Crippen molar-refractivity contribution in [3.05, 3.63) is 46.6 Å². The third kappa shape index (κ3) is 2.08. The van der Waals surface area contributed by atoms with Crippen molar-refractivity contribution in [1.29, 1.82) is 0 Å². The molecule has 0 unspecified atom stereocenters. The van der Waals surface area contributed by atoms with Crippen molar-refractivity contribution < 1.29 is 4.79 Å². The van der Waals surface area contributed by atoms with Gasteiger partial charge in [-0.25, -0.2) is 4.85 Å². The molecule has 4 nitrogen and oxygen atoms in total. The molecule has 0 aliphatic heterocycles. The molecule has 0 fully saturated rings. The van der Waals surface area contributed by atoms with Gasteiger partial charge >= 0.3 is 0 Å². The first-order chi connectivity index (χ1) is 8.11. The van der Waals surface area contributed by atoms with Crippen LogP contribution in [0.4, 0.5) is 0 Å². The summed E-state index contributed by atoms with van der Waals surface area (Å²) in [5.41, 5.74) is 2.84. The number of fused-ring (bicyclic) bond motifs is 1. The van der Waals surface area contributed by atoms with Crippen molar-refractivity contribution in [2.75, 3.05) is 0 Å². The van der Waals surface area contributed by atoms with E-state index in [4.69, 9.17) is 6.57 Å². The van der Waals surface area contributed by atoms with Crippen LogP contribution in [0.5, 0.6) is 0 Å². The molecule has 2 rings (SSSR count). The van der Waals surface area contributed by atoms with Crippen LogP contribution in [0.2, 0.25) is 0 Å². The molecule has 0 saturated heterocycles. The van der Waals surface area contributed by atoms with Gasteiger partial charge in [0.1, 0.15) is 0 Å². The molecule has 17 heavy (non-hydrogen) atoms. The van der Waals surface area contributed by atoms with Crippen LogP contribution in [0, 0.1) is 13.5 Å². The van der Waals surface area contributed by atoms with E-state index in [1.165, 1.54) is 6.92 Å². The van der Waals surface area contributed by atoms with Gasteiger partial charge < -0.3 is 4.79 Å². The van der Waals surface area contributed by atoms with E-state index in [9.17, 15) is 4.79 Å². The van der Waals surface area contributed by atoms with Crippen LogP contribution < -0.4 is 0 Å². The molecule has 0 amide bonds. The average molecular weight is 225 g/mol. The molecule has 0 spiro atoms. The summed E-state index contributed by atoms with van der Waals surface area (Å²) in [6.07, 6.45) is 1.60. The van der Waals surface area contributed by atoms with Crippen LogP contribution in [0.3, 0.4) is 0 Å². The van der Waals surface area contributed by atoms with E-state index in [0.29, 0.717) is 0 Å². The van der Waals surface area contributed by atoms with Crippen LogP contribution in [0.15, 0.2) is 23.9 Å². The molecule has 0 bridgehead atoms. The van der Waals surface area contributed by atoms with E-state index >= 15 is 0 Å². The monoisotopic (exact) mass is 225 g/mol. The van der Waals surface area contributed by atoms with Crippen molar-refractivity contribution in [1.82, 2.24) is 10.2 Å². The Morgan fingerprint density at radius 3 is 2.94 bits per heavy atom. The zero-order chi connectivity index (χ0) is 12.4. The minimum Gasteiger partial charge on any atom is -0.308 e. The van der Waals surface area contributed by atoms with Gasteiger partial charge in [0, 0.05) is 5.39 Å². The lowest BCUT2D eigenvalue weighted by atomic mass is 10.1. The van der Waals surface area contributed by atoms with E-state index in [-0.39, 0.29) is 11.5 Å². The van der Waals surface area contributed by atoms with Gasteiger partial charge in [-0.2, -0.15) is 5.10 Å². The highest BCUT2D eigenvalue weighted by molar-refractivity contribution is 6.00. The molecule has 1 N–H and O–H groups in total. The number of nitrogens with zero attached hydrogens (tertiary/aromatic N) is 2. The highest BCUT2D eigenvalue weighted by atomic mass is 16.1. The van der Waals surface area contributed by atoms with Gasteiger partial charge in [0.2, 0.25) is 5.70 Å². The maximum Gasteiger partial charge on any atom is 0.229 e. The van der Waals surface area contributed by atoms with Crippen molar-refractivity contribution in [3.8, 4) is 0 Å². The first-order valence-corrected chi connectivity index (χ1v) is 5.16. The van der Waals surface area contributed by atoms with Gasteiger partial charge in [-0.15, -0.1) is 0 Å². The minimum atomic E-state index is -0.219. The number of hydrogen-bond donors (Lipinski definition) is 1. The Bertz CT molecular complexity index is 659. The van der Waals surface area contributed by atoms with Crippen molar-refractivity contribution in [2.24, 2.45) is 0 Å². The Labute approximate surface area is 98.8 Å². The molecule has 2 aromatic rings. The number of ketones is 1. The Hall–Kier alpha value is -2.41. The summed E-state index contributed by atoms with van der Waals surface area (Å²) in [6.45, 7) is 10.2. The zero-order valence-electron chi connectivity index (χ0n) is 9.61. The van der Waals surface area contributed by atoms with Crippen molar-refractivity contribution in [2.45, 2.75) is 13.8 Å². The molecule has 0 aliphatic rings. The van der Waals surface area contributed by atoms with E-state index < -0.39 is 0 Å². The third-order valence-electron chi connectivity index (χ3n) is 2.56. The molecule has 0 atom stereocenters. The molecule has 0 aliphatic carbocycles. The van der Waals surface area contributed by atoms with Crippen molar-refractivity contribution in [3.63, 3.8) is 0 Å². The van der Waals surface area contributed by atoms with Crippen LogP contribution in [-0.4, -0.2) is 16.0 Å². The predicted octanol–water partition coefficient (Wildman–Crippen LogP) is 2.72. The van der Waals surface area contributed by atoms with Gasteiger partial charge in [-0.1, -0.05) is 6.07 Å².